The zero-order valence-corrected chi connectivity index (χ0v) is 24.6. The number of allylic oxidation sites excluding steroid dienone is 1. The molecular formula is C29H61NO3P+. The van der Waals surface area contributed by atoms with E-state index in [0.29, 0.717) is 23.9 Å². The lowest BCUT2D eigenvalue weighted by Gasteiger charge is -2.35. The molecule has 0 aromatic heterocycles. The first-order chi connectivity index (χ1) is 16.3. The van der Waals surface area contributed by atoms with Crippen LogP contribution in [0.4, 0.5) is 0 Å². The fourth-order valence-electron chi connectivity index (χ4n) is 4.63. The van der Waals surface area contributed by atoms with E-state index in [1.807, 2.05) is 28.1 Å². The Labute approximate surface area is 214 Å². The monoisotopic (exact) mass is 502 g/mol. The minimum Gasteiger partial charge on any atom is -0.320 e. The molecule has 5 heteroatoms. The molecule has 0 aromatic carbocycles. The van der Waals surface area contributed by atoms with Crippen molar-refractivity contribution in [2.45, 2.75) is 148 Å². The smallest absolute Gasteiger partial charge is 0.320 e. The molecule has 0 aliphatic rings. The molecule has 0 radical (unpaired) electrons. The maximum atomic E-state index is 12.6. The fraction of sp³-hybridized carbons (Fsp3) is 0.931. The van der Waals surface area contributed by atoms with Crippen molar-refractivity contribution in [1.82, 2.24) is 0 Å². The third-order valence-corrected chi connectivity index (χ3v) is 9.03. The van der Waals surface area contributed by atoms with Crippen LogP contribution in [-0.2, 0) is 9.09 Å². The van der Waals surface area contributed by atoms with Gasteiger partial charge in [0.15, 0.2) is 5.78 Å². The van der Waals surface area contributed by atoms with Crippen LogP contribution in [0.2, 0.25) is 0 Å². The maximum absolute atomic E-state index is 12.6. The summed E-state index contributed by atoms with van der Waals surface area (Å²) in [5, 5.41) is 0. The Bertz CT molecular complexity index is 516. The normalized spacial score (nSPS) is 15.1. The lowest BCUT2D eigenvalue weighted by molar-refractivity contribution is -0.883. The van der Waals surface area contributed by atoms with Crippen molar-refractivity contribution < 1.29 is 18.5 Å². The van der Waals surface area contributed by atoms with Crippen LogP contribution in [0.3, 0.4) is 0 Å². The van der Waals surface area contributed by atoms with Crippen LogP contribution in [0, 0.1) is 0 Å². The van der Waals surface area contributed by atoms with Gasteiger partial charge in [0.25, 0.3) is 0 Å². The average Bonchev–Trinajstić information content (AvgIpc) is 2.77. The number of rotatable bonds is 25. The van der Waals surface area contributed by atoms with Gasteiger partial charge in [-0.3, -0.25) is 4.57 Å². The van der Waals surface area contributed by atoms with Crippen LogP contribution in [0.25, 0.3) is 0 Å². The van der Waals surface area contributed by atoms with Crippen molar-refractivity contribution in [3.63, 3.8) is 0 Å². The molecule has 0 amide bonds. The molecule has 0 spiro atoms. The molecule has 0 bridgehead atoms. The number of hydrogen-bond donors (Lipinski definition) is 1. The highest BCUT2D eigenvalue weighted by Gasteiger charge is 2.41. The molecule has 0 heterocycles. The summed E-state index contributed by atoms with van der Waals surface area (Å²) in [5.41, 5.74) is 0. The molecule has 0 saturated heterocycles. The quantitative estimate of drug-likeness (QED) is 0.0585. The first-order valence-corrected chi connectivity index (χ1v) is 16.3. The Hall–Kier alpha value is -0.150. The molecule has 204 valence electrons. The van der Waals surface area contributed by atoms with Crippen molar-refractivity contribution >= 4 is 7.60 Å². The lowest BCUT2D eigenvalue weighted by atomic mass is 10.0. The van der Waals surface area contributed by atoms with E-state index < -0.39 is 7.60 Å². The van der Waals surface area contributed by atoms with Crippen LogP contribution >= 0.6 is 7.60 Å². The Morgan fingerprint density at radius 1 is 0.676 bits per heavy atom. The number of quaternary nitrogens is 1. The third-order valence-electron chi connectivity index (χ3n) is 6.77. The van der Waals surface area contributed by atoms with Crippen molar-refractivity contribution in [2.24, 2.45) is 0 Å². The molecule has 0 saturated carbocycles. The Morgan fingerprint density at radius 3 is 1.50 bits per heavy atom. The number of unbranched alkanes of at least 4 members (excludes halogenated alkanes) is 16. The molecule has 0 rings (SSSR count). The van der Waals surface area contributed by atoms with Gasteiger partial charge in [-0.05, 0) is 25.7 Å². The van der Waals surface area contributed by atoms with E-state index >= 15 is 0 Å². The van der Waals surface area contributed by atoms with Gasteiger partial charge in [-0.15, -0.1) is 0 Å². The third kappa shape index (κ3) is 20.1. The van der Waals surface area contributed by atoms with Gasteiger partial charge < -0.3 is 13.9 Å². The first kappa shape index (κ1) is 33.8. The second-order valence-electron chi connectivity index (χ2n) is 11.1. The summed E-state index contributed by atoms with van der Waals surface area (Å²) in [6.07, 6.45) is 30.1. The van der Waals surface area contributed by atoms with Crippen molar-refractivity contribution in [3.05, 3.63) is 12.2 Å². The molecule has 0 aliphatic heterocycles. The predicted octanol–water partition coefficient (Wildman–Crippen LogP) is 9.62. The fourth-order valence-corrected chi connectivity index (χ4v) is 6.63. The van der Waals surface area contributed by atoms with Gasteiger partial charge in [-0.25, -0.2) is 0 Å². The zero-order valence-electron chi connectivity index (χ0n) is 23.7. The summed E-state index contributed by atoms with van der Waals surface area (Å²) in [4.78, 5) is 10.4. The van der Waals surface area contributed by atoms with E-state index in [4.69, 9.17) is 4.52 Å². The average molecular weight is 503 g/mol. The SMILES string of the molecule is CCCCCCCCCCCCCCCCCCC=CCCOP(=O)(O)C(CCC)[N+](C)(C)C. The van der Waals surface area contributed by atoms with Gasteiger partial charge in [0.1, 0.15) is 0 Å². The van der Waals surface area contributed by atoms with Gasteiger partial charge >= 0.3 is 7.60 Å². The van der Waals surface area contributed by atoms with Crippen LogP contribution < -0.4 is 0 Å². The molecule has 2 unspecified atom stereocenters. The Kier molecular flexibility index (Phi) is 22.0. The minimum atomic E-state index is -3.60. The largest absolute Gasteiger partial charge is 0.385 e. The summed E-state index contributed by atoms with van der Waals surface area (Å²) >= 11 is 0. The van der Waals surface area contributed by atoms with Crippen molar-refractivity contribution in [2.75, 3.05) is 27.7 Å². The van der Waals surface area contributed by atoms with Gasteiger partial charge in [0.2, 0.25) is 0 Å². The summed E-state index contributed by atoms with van der Waals surface area (Å²) < 4.78 is 18.6. The number of hydrogen-bond acceptors (Lipinski definition) is 2. The van der Waals surface area contributed by atoms with Crippen LogP contribution in [0.5, 0.6) is 0 Å². The van der Waals surface area contributed by atoms with Gasteiger partial charge in [-0.2, -0.15) is 0 Å². The molecule has 34 heavy (non-hydrogen) atoms. The van der Waals surface area contributed by atoms with E-state index in [0.717, 1.165) is 12.8 Å². The highest BCUT2D eigenvalue weighted by Crippen LogP contribution is 2.51. The molecular weight excluding hydrogens is 441 g/mol. The summed E-state index contributed by atoms with van der Waals surface area (Å²) in [6.45, 7) is 4.65. The van der Waals surface area contributed by atoms with Crippen molar-refractivity contribution in [3.8, 4) is 0 Å². The Balaban J connectivity index is 3.51. The standard InChI is InChI=1S/C29H60NO3P/c1-6-8-9-10-11-12-13-14-15-16-17-18-19-20-21-22-23-24-25-26-28-33-34(31,32)29(27-7-2)30(3,4)5/h24-25,29H,6-23,26-28H2,1-5H3/p+1. The molecule has 1 N–H and O–H groups in total. The van der Waals surface area contributed by atoms with Gasteiger partial charge in [0, 0.05) is 6.42 Å². The summed E-state index contributed by atoms with van der Waals surface area (Å²) in [5.74, 6) is -0.355. The summed E-state index contributed by atoms with van der Waals surface area (Å²) in [7, 11) is 2.29. The van der Waals surface area contributed by atoms with E-state index in [-0.39, 0.29) is 5.78 Å². The minimum absolute atomic E-state index is 0.323. The topological polar surface area (TPSA) is 46.5 Å². The van der Waals surface area contributed by atoms with Crippen LogP contribution in [0.15, 0.2) is 12.2 Å². The molecule has 0 aliphatic carbocycles. The number of nitrogens with zero attached hydrogens (tertiary/aromatic N) is 1. The van der Waals surface area contributed by atoms with Crippen LogP contribution in [-0.4, -0.2) is 42.9 Å². The second kappa shape index (κ2) is 22.1. The Morgan fingerprint density at radius 2 is 1.09 bits per heavy atom. The first-order valence-electron chi connectivity index (χ1n) is 14.7. The molecule has 4 nitrogen and oxygen atoms in total. The van der Waals surface area contributed by atoms with E-state index in [1.165, 1.54) is 103 Å². The second-order valence-corrected chi connectivity index (χ2v) is 13.1. The summed E-state index contributed by atoms with van der Waals surface area (Å²) in [6, 6.07) is 0. The van der Waals surface area contributed by atoms with E-state index in [9.17, 15) is 9.46 Å². The zero-order chi connectivity index (χ0) is 25.5. The van der Waals surface area contributed by atoms with Crippen molar-refractivity contribution in [1.29, 1.82) is 0 Å². The highest BCUT2D eigenvalue weighted by molar-refractivity contribution is 7.53. The predicted molar refractivity (Wildman–Crippen MR) is 150 cm³/mol. The maximum Gasteiger partial charge on any atom is 0.385 e. The van der Waals surface area contributed by atoms with E-state index in [1.54, 1.807) is 0 Å². The van der Waals surface area contributed by atoms with E-state index in [2.05, 4.69) is 19.1 Å². The van der Waals surface area contributed by atoms with Gasteiger partial charge in [0.05, 0.1) is 27.7 Å². The molecule has 0 aromatic rings. The molecule has 2 atom stereocenters. The van der Waals surface area contributed by atoms with Gasteiger partial charge in [-0.1, -0.05) is 122 Å². The van der Waals surface area contributed by atoms with Crippen LogP contribution in [0.1, 0.15) is 142 Å². The molecule has 0 fully saturated rings. The lowest BCUT2D eigenvalue weighted by Crippen LogP contribution is -2.45. The highest BCUT2D eigenvalue weighted by atomic mass is 31.2.